The molecule has 0 atom stereocenters. The van der Waals surface area contributed by atoms with E-state index in [1.54, 1.807) is 0 Å². The molecule has 0 bridgehead atoms. The molecule has 9 aromatic rings. The van der Waals surface area contributed by atoms with E-state index in [1.807, 2.05) is 11.3 Å². The quantitative estimate of drug-likeness (QED) is 0.198. The molecular formula is C36H21NS. The summed E-state index contributed by atoms with van der Waals surface area (Å²) < 4.78 is 5.21. The van der Waals surface area contributed by atoms with Crippen LogP contribution in [0.2, 0.25) is 0 Å². The first-order valence-corrected chi connectivity index (χ1v) is 13.9. The van der Waals surface area contributed by atoms with Gasteiger partial charge in [-0.15, -0.1) is 11.3 Å². The highest BCUT2D eigenvalue weighted by Gasteiger charge is 2.20. The van der Waals surface area contributed by atoms with Gasteiger partial charge in [0, 0.05) is 37.3 Å². The minimum Gasteiger partial charge on any atom is -0.308 e. The first kappa shape index (κ1) is 20.4. The molecular weight excluding hydrogens is 478 g/mol. The average Bonchev–Trinajstić information content (AvgIpc) is 3.54. The molecule has 2 heterocycles. The van der Waals surface area contributed by atoms with Crippen LogP contribution in [-0.2, 0) is 0 Å². The summed E-state index contributed by atoms with van der Waals surface area (Å²) in [4.78, 5) is 0. The summed E-state index contributed by atoms with van der Waals surface area (Å²) in [5, 5.41) is 13.2. The highest BCUT2D eigenvalue weighted by molar-refractivity contribution is 7.27. The van der Waals surface area contributed by atoms with Crippen LogP contribution in [0.1, 0.15) is 0 Å². The Bertz CT molecular complexity index is 2400. The van der Waals surface area contributed by atoms with Crippen molar-refractivity contribution in [3.8, 4) is 5.69 Å². The second-order valence-corrected chi connectivity index (χ2v) is 11.1. The zero-order valence-electron chi connectivity index (χ0n) is 20.5. The molecule has 0 saturated heterocycles. The Hall–Kier alpha value is -4.66. The number of thiophene rings is 1. The van der Waals surface area contributed by atoms with Crippen LogP contribution in [0, 0.1) is 0 Å². The molecule has 176 valence electrons. The van der Waals surface area contributed by atoms with Crippen LogP contribution in [0.3, 0.4) is 0 Å². The lowest BCUT2D eigenvalue weighted by molar-refractivity contribution is 1.19. The number of fused-ring (bicyclic) bond motifs is 13. The van der Waals surface area contributed by atoms with Crippen molar-refractivity contribution in [1.29, 1.82) is 0 Å². The molecule has 0 unspecified atom stereocenters. The minimum absolute atomic E-state index is 1.20. The topological polar surface area (TPSA) is 4.93 Å². The van der Waals surface area contributed by atoms with Crippen LogP contribution in [-0.4, -0.2) is 4.57 Å². The normalized spacial score (nSPS) is 12.2. The molecule has 0 amide bonds. The number of rotatable bonds is 1. The second-order valence-electron chi connectivity index (χ2n) is 10.1. The first-order chi connectivity index (χ1) is 18.9. The van der Waals surface area contributed by atoms with Crippen molar-refractivity contribution in [1.82, 2.24) is 4.57 Å². The minimum atomic E-state index is 1.20. The molecule has 0 fully saturated rings. The van der Waals surface area contributed by atoms with Gasteiger partial charge in [0.25, 0.3) is 0 Å². The van der Waals surface area contributed by atoms with Crippen molar-refractivity contribution < 1.29 is 0 Å². The summed E-state index contributed by atoms with van der Waals surface area (Å²) in [6.45, 7) is 0. The molecule has 2 aromatic heterocycles. The molecule has 7 aromatic carbocycles. The van der Waals surface area contributed by atoms with Crippen LogP contribution < -0.4 is 0 Å². The van der Waals surface area contributed by atoms with E-state index in [2.05, 4.69) is 132 Å². The van der Waals surface area contributed by atoms with Crippen LogP contribution in [0.4, 0.5) is 0 Å². The Balaban J connectivity index is 1.53. The fourth-order valence-corrected chi connectivity index (χ4v) is 7.89. The van der Waals surface area contributed by atoms with E-state index in [4.69, 9.17) is 0 Å². The summed E-state index contributed by atoms with van der Waals surface area (Å²) in [6.07, 6.45) is 0. The summed E-state index contributed by atoms with van der Waals surface area (Å²) in [5.74, 6) is 0. The molecule has 0 spiro atoms. The fourth-order valence-electron chi connectivity index (χ4n) is 6.50. The Morgan fingerprint density at radius 1 is 0.421 bits per heavy atom. The monoisotopic (exact) mass is 499 g/mol. The molecule has 9 rings (SSSR count). The largest absolute Gasteiger partial charge is 0.308 e. The van der Waals surface area contributed by atoms with E-state index in [-0.39, 0.29) is 0 Å². The maximum atomic E-state index is 2.49. The van der Waals surface area contributed by atoms with Crippen molar-refractivity contribution in [3.05, 3.63) is 127 Å². The lowest BCUT2D eigenvalue weighted by atomic mass is 9.97. The lowest BCUT2D eigenvalue weighted by Gasteiger charge is -2.10. The Morgan fingerprint density at radius 3 is 1.89 bits per heavy atom. The molecule has 38 heavy (non-hydrogen) atoms. The fraction of sp³-hybridized carbons (Fsp3) is 0. The second kappa shape index (κ2) is 7.44. The van der Waals surface area contributed by atoms with Crippen molar-refractivity contribution >= 4 is 85.6 Å². The predicted molar refractivity (Wildman–Crippen MR) is 166 cm³/mol. The summed E-state index contributed by atoms with van der Waals surface area (Å²) >= 11 is 1.94. The van der Waals surface area contributed by atoms with Gasteiger partial charge in [0.2, 0.25) is 0 Å². The van der Waals surface area contributed by atoms with Crippen LogP contribution in [0.5, 0.6) is 0 Å². The van der Waals surface area contributed by atoms with Gasteiger partial charge in [-0.05, 0) is 45.1 Å². The van der Waals surface area contributed by atoms with Gasteiger partial charge in [-0.3, -0.25) is 0 Å². The smallest absolute Gasteiger partial charge is 0.0719 e. The number of nitrogens with zero attached hydrogens (tertiary/aromatic N) is 1. The molecule has 2 heteroatoms. The number of aromatic nitrogens is 1. The molecule has 0 radical (unpaired) electrons. The summed E-state index contributed by atoms with van der Waals surface area (Å²) in [5.41, 5.74) is 3.75. The number of hydrogen-bond donors (Lipinski definition) is 0. The van der Waals surface area contributed by atoms with Gasteiger partial charge in [0.1, 0.15) is 0 Å². The third kappa shape index (κ3) is 2.60. The van der Waals surface area contributed by atoms with Crippen LogP contribution >= 0.6 is 11.3 Å². The van der Waals surface area contributed by atoms with Gasteiger partial charge >= 0.3 is 0 Å². The van der Waals surface area contributed by atoms with Crippen molar-refractivity contribution in [2.75, 3.05) is 0 Å². The highest BCUT2D eigenvalue weighted by atomic mass is 32.1. The lowest BCUT2D eigenvalue weighted by Crippen LogP contribution is -1.93. The summed E-state index contributed by atoms with van der Waals surface area (Å²) in [6, 6.07) is 46.8. The van der Waals surface area contributed by atoms with Crippen molar-refractivity contribution in [3.63, 3.8) is 0 Å². The average molecular weight is 500 g/mol. The van der Waals surface area contributed by atoms with E-state index in [9.17, 15) is 0 Å². The molecule has 0 aliphatic carbocycles. The molecule has 0 aliphatic rings. The van der Waals surface area contributed by atoms with Gasteiger partial charge in [0.05, 0.1) is 15.7 Å². The molecule has 1 nitrogen and oxygen atoms in total. The van der Waals surface area contributed by atoms with Gasteiger partial charge in [-0.25, -0.2) is 0 Å². The predicted octanol–water partition coefficient (Wildman–Crippen LogP) is 10.6. The Kier molecular flexibility index (Phi) is 3.99. The maximum Gasteiger partial charge on any atom is 0.0719 e. The van der Waals surface area contributed by atoms with Crippen molar-refractivity contribution in [2.45, 2.75) is 0 Å². The van der Waals surface area contributed by atoms with E-state index in [0.29, 0.717) is 0 Å². The van der Waals surface area contributed by atoms with Crippen molar-refractivity contribution in [2.24, 2.45) is 0 Å². The maximum absolute atomic E-state index is 2.49. The Labute approximate surface area is 222 Å². The summed E-state index contributed by atoms with van der Waals surface area (Å²) in [7, 11) is 0. The third-order valence-corrected chi connectivity index (χ3v) is 9.39. The van der Waals surface area contributed by atoms with Gasteiger partial charge in [-0.1, -0.05) is 109 Å². The van der Waals surface area contributed by atoms with Gasteiger partial charge in [0.15, 0.2) is 0 Å². The third-order valence-electron chi connectivity index (χ3n) is 8.14. The van der Waals surface area contributed by atoms with E-state index < -0.39 is 0 Å². The SMILES string of the molecule is c1ccc2cc(-n3c4ccccc4c4ccc5c(sc6c7ccccc7c7ccccc7c56)c43)ccc2c1. The Morgan fingerprint density at radius 2 is 1.05 bits per heavy atom. The zero-order chi connectivity index (χ0) is 24.8. The van der Waals surface area contributed by atoms with E-state index >= 15 is 0 Å². The highest BCUT2D eigenvalue weighted by Crippen LogP contribution is 2.47. The first-order valence-electron chi connectivity index (χ1n) is 13.0. The molecule has 0 N–H and O–H groups in total. The standard InChI is InChI=1S/C36H21NS/c1-2-10-23-21-24(18-17-22(23)9-1)37-32-16-8-7-13-27(32)29-19-20-31-33-28-14-5-3-11-25(28)26-12-4-6-15-30(26)35(33)38-36(31)34(29)37/h1-21H. The van der Waals surface area contributed by atoms with Gasteiger partial charge in [-0.2, -0.15) is 0 Å². The van der Waals surface area contributed by atoms with E-state index in [1.165, 1.54) is 80.0 Å². The van der Waals surface area contributed by atoms with E-state index in [0.717, 1.165) is 0 Å². The molecule has 0 saturated carbocycles. The number of benzene rings is 7. The van der Waals surface area contributed by atoms with Crippen LogP contribution in [0.25, 0.3) is 80.0 Å². The van der Waals surface area contributed by atoms with Crippen LogP contribution in [0.15, 0.2) is 127 Å². The zero-order valence-corrected chi connectivity index (χ0v) is 21.3. The number of para-hydroxylation sites is 1. The van der Waals surface area contributed by atoms with Gasteiger partial charge < -0.3 is 4.57 Å². The molecule has 0 aliphatic heterocycles. The number of hydrogen-bond acceptors (Lipinski definition) is 1.